The van der Waals surface area contributed by atoms with Gasteiger partial charge in [0.25, 0.3) is 0 Å². The first-order chi connectivity index (χ1) is 10.8. The third-order valence-corrected chi connectivity index (χ3v) is 3.63. The van der Waals surface area contributed by atoms with Gasteiger partial charge < -0.3 is 14.7 Å². The van der Waals surface area contributed by atoms with Gasteiger partial charge in [-0.25, -0.2) is 0 Å². The highest BCUT2D eigenvalue weighted by Gasteiger charge is 2.13. The number of aromatic hydroxyl groups is 1. The van der Waals surface area contributed by atoms with Crippen molar-refractivity contribution in [3.63, 3.8) is 0 Å². The fraction of sp³-hybridized carbons (Fsp3) is 0.588. The largest absolute Gasteiger partial charge is 0.508 e. The molecule has 130 valence electrons. The number of rotatable bonds is 9. The summed E-state index contributed by atoms with van der Waals surface area (Å²) >= 11 is 12.1. The molecule has 0 saturated heterocycles. The molecule has 0 fully saturated rings. The predicted octanol–water partition coefficient (Wildman–Crippen LogP) is 5.69. The number of phenolic OH excluding ortho intramolecular Hbond substituents is 1. The minimum atomic E-state index is -0.0705. The first kappa shape index (κ1) is 19.9. The molecule has 0 aromatic heterocycles. The second-order valence-electron chi connectivity index (χ2n) is 6.07. The van der Waals surface area contributed by atoms with Gasteiger partial charge in [0.2, 0.25) is 0 Å². The van der Waals surface area contributed by atoms with E-state index in [-0.39, 0.29) is 11.9 Å². The number of ether oxygens (including phenoxy) is 1. The monoisotopic (exact) mass is 361 g/mol. The Labute approximate surface area is 148 Å². The number of benzene rings is 1. The zero-order valence-electron chi connectivity index (χ0n) is 14.1. The van der Waals surface area contributed by atoms with Crippen molar-refractivity contribution in [1.82, 2.24) is 0 Å². The molecule has 0 radical (unpaired) electrons. The summed E-state index contributed by atoms with van der Waals surface area (Å²) in [6, 6.07) is 2.82. The lowest BCUT2D eigenvalue weighted by atomic mass is 10.1. The van der Waals surface area contributed by atoms with Crippen LogP contribution in [0.3, 0.4) is 0 Å². The van der Waals surface area contributed by atoms with Gasteiger partial charge in [0.15, 0.2) is 5.75 Å². The SMILES string of the molecule is CC(CC(C)C)=NOCCCC(C)Oc1c(Cl)cc(O)cc1Cl. The van der Waals surface area contributed by atoms with Gasteiger partial charge in [-0.3, -0.25) is 0 Å². The maximum atomic E-state index is 9.40. The summed E-state index contributed by atoms with van der Waals surface area (Å²) in [5.41, 5.74) is 1.01. The number of halogens is 2. The lowest BCUT2D eigenvalue weighted by Gasteiger charge is -2.16. The summed E-state index contributed by atoms with van der Waals surface area (Å²) in [4.78, 5) is 5.31. The van der Waals surface area contributed by atoms with E-state index in [1.807, 2.05) is 13.8 Å². The van der Waals surface area contributed by atoms with Gasteiger partial charge in [0, 0.05) is 12.1 Å². The van der Waals surface area contributed by atoms with E-state index in [1.54, 1.807) is 0 Å². The first-order valence-electron chi connectivity index (χ1n) is 7.79. The molecular formula is C17H25Cl2NO3. The minimum absolute atomic E-state index is 0.0167. The molecule has 0 aliphatic carbocycles. The normalized spacial score (nSPS) is 13.3. The Hall–Kier alpha value is -1.13. The lowest BCUT2D eigenvalue weighted by Crippen LogP contribution is -2.13. The van der Waals surface area contributed by atoms with Crippen LogP contribution in [0.1, 0.15) is 47.0 Å². The van der Waals surface area contributed by atoms with Gasteiger partial charge in [-0.15, -0.1) is 0 Å². The minimum Gasteiger partial charge on any atom is -0.508 e. The summed E-state index contributed by atoms with van der Waals surface area (Å²) in [6.07, 6.45) is 2.47. The van der Waals surface area contributed by atoms with Crippen LogP contribution in [-0.2, 0) is 4.84 Å². The Balaban J connectivity index is 2.34. The average Bonchev–Trinajstić information content (AvgIpc) is 2.41. The molecule has 1 atom stereocenters. The van der Waals surface area contributed by atoms with Crippen molar-refractivity contribution < 1.29 is 14.7 Å². The van der Waals surface area contributed by atoms with Gasteiger partial charge in [-0.1, -0.05) is 42.2 Å². The molecule has 1 rings (SSSR count). The number of nitrogens with zero attached hydrogens (tertiary/aromatic N) is 1. The number of phenols is 1. The highest BCUT2D eigenvalue weighted by Crippen LogP contribution is 2.37. The molecular weight excluding hydrogens is 337 g/mol. The zero-order chi connectivity index (χ0) is 17.4. The molecule has 4 nitrogen and oxygen atoms in total. The maximum absolute atomic E-state index is 9.40. The summed E-state index contributed by atoms with van der Waals surface area (Å²) in [5, 5.41) is 14.1. The van der Waals surface area contributed by atoms with Crippen LogP contribution in [0.15, 0.2) is 17.3 Å². The molecule has 0 saturated carbocycles. The summed E-state index contributed by atoms with van der Waals surface area (Å²) < 4.78 is 5.74. The molecule has 0 aliphatic heterocycles. The van der Waals surface area contributed by atoms with Gasteiger partial charge in [0.1, 0.15) is 12.4 Å². The molecule has 1 N–H and O–H groups in total. The molecule has 23 heavy (non-hydrogen) atoms. The van der Waals surface area contributed by atoms with E-state index in [2.05, 4.69) is 19.0 Å². The van der Waals surface area contributed by atoms with Gasteiger partial charge in [-0.2, -0.15) is 0 Å². The Kier molecular flexibility index (Phi) is 8.56. The third-order valence-electron chi connectivity index (χ3n) is 3.07. The van der Waals surface area contributed by atoms with Crippen LogP contribution in [0.5, 0.6) is 11.5 Å². The molecule has 1 aromatic rings. The Morgan fingerprint density at radius 2 is 1.83 bits per heavy atom. The molecule has 0 aliphatic rings. The van der Waals surface area contributed by atoms with Crippen molar-refractivity contribution in [1.29, 1.82) is 0 Å². The van der Waals surface area contributed by atoms with E-state index >= 15 is 0 Å². The van der Waals surface area contributed by atoms with Crippen molar-refractivity contribution in [2.24, 2.45) is 11.1 Å². The van der Waals surface area contributed by atoms with Crippen LogP contribution in [0.4, 0.5) is 0 Å². The molecule has 1 aromatic carbocycles. The van der Waals surface area contributed by atoms with E-state index in [1.165, 1.54) is 12.1 Å². The second kappa shape index (κ2) is 9.89. The maximum Gasteiger partial charge on any atom is 0.157 e. The van der Waals surface area contributed by atoms with E-state index in [0.717, 1.165) is 25.0 Å². The van der Waals surface area contributed by atoms with Crippen LogP contribution in [0, 0.1) is 5.92 Å². The van der Waals surface area contributed by atoms with Crippen molar-refractivity contribution >= 4 is 28.9 Å². The van der Waals surface area contributed by atoms with Crippen LogP contribution < -0.4 is 4.74 Å². The molecule has 1 unspecified atom stereocenters. The Morgan fingerprint density at radius 1 is 1.22 bits per heavy atom. The molecule has 0 bridgehead atoms. The fourth-order valence-electron chi connectivity index (χ4n) is 2.14. The van der Waals surface area contributed by atoms with Crippen LogP contribution in [-0.4, -0.2) is 23.5 Å². The Bertz CT molecular complexity index is 510. The van der Waals surface area contributed by atoms with Crippen LogP contribution in [0.25, 0.3) is 0 Å². The summed E-state index contributed by atoms with van der Waals surface area (Å²) in [7, 11) is 0. The fourth-order valence-corrected chi connectivity index (χ4v) is 2.70. The first-order valence-corrected chi connectivity index (χ1v) is 8.55. The zero-order valence-corrected chi connectivity index (χ0v) is 15.6. The lowest BCUT2D eigenvalue weighted by molar-refractivity contribution is 0.123. The Morgan fingerprint density at radius 3 is 2.39 bits per heavy atom. The van der Waals surface area contributed by atoms with E-state index in [4.69, 9.17) is 32.8 Å². The molecule has 0 amide bonds. The number of hydrogen-bond acceptors (Lipinski definition) is 4. The smallest absolute Gasteiger partial charge is 0.157 e. The number of oxime groups is 1. The van der Waals surface area contributed by atoms with E-state index < -0.39 is 0 Å². The standard InChI is InChI=1S/C17H25Cl2NO3/c1-11(2)8-12(3)20-22-7-5-6-13(4)23-17-15(18)9-14(21)10-16(17)19/h9-11,13,21H,5-8H2,1-4H3. The highest BCUT2D eigenvalue weighted by atomic mass is 35.5. The van der Waals surface area contributed by atoms with Crippen LogP contribution in [0.2, 0.25) is 10.0 Å². The molecule has 0 heterocycles. The average molecular weight is 362 g/mol. The highest BCUT2D eigenvalue weighted by molar-refractivity contribution is 6.37. The number of hydrogen-bond donors (Lipinski definition) is 1. The van der Waals surface area contributed by atoms with Crippen molar-refractivity contribution in [2.45, 2.75) is 53.1 Å². The van der Waals surface area contributed by atoms with E-state index in [0.29, 0.717) is 28.3 Å². The predicted molar refractivity (Wildman–Crippen MR) is 96.0 cm³/mol. The van der Waals surface area contributed by atoms with Crippen molar-refractivity contribution in [3.8, 4) is 11.5 Å². The molecule has 0 spiro atoms. The van der Waals surface area contributed by atoms with Gasteiger partial charge in [-0.05, 0) is 39.0 Å². The van der Waals surface area contributed by atoms with Gasteiger partial charge >= 0.3 is 0 Å². The summed E-state index contributed by atoms with van der Waals surface area (Å²) in [5.74, 6) is 0.990. The molecule has 6 heteroatoms. The topological polar surface area (TPSA) is 51.0 Å². The summed E-state index contributed by atoms with van der Waals surface area (Å²) in [6.45, 7) is 8.75. The van der Waals surface area contributed by atoms with Crippen molar-refractivity contribution in [3.05, 3.63) is 22.2 Å². The quantitative estimate of drug-likeness (QED) is 0.349. The van der Waals surface area contributed by atoms with E-state index in [9.17, 15) is 5.11 Å². The van der Waals surface area contributed by atoms with Crippen molar-refractivity contribution in [2.75, 3.05) is 6.61 Å². The van der Waals surface area contributed by atoms with Crippen LogP contribution >= 0.6 is 23.2 Å². The van der Waals surface area contributed by atoms with Gasteiger partial charge in [0.05, 0.1) is 21.9 Å². The second-order valence-corrected chi connectivity index (χ2v) is 6.88. The third kappa shape index (κ3) is 7.80.